The van der Waals surface area contributed by atoms with Crippen LogP contribution in [0.1, 0.15) is 31.7 Å². The van der Waals surface area contributed by atoms with E-state index in [4.69, 9.17) is 10.5 Å². The number of carbonyl (C=O) groups is 1. The van der Waals surface area contributed by atoms with Crippen molar-refractivity contribution in [1.29, 1.82) is 0 Å². The van der Waals surface area contributed by atoms with Crippen LogP contribution in [0.2, 0.25) is 0 Å². The van der Waals surface area contributed by atoms with Gasteiger partial charge in [-0.1, -0.05) is 12.1 Å². The first-order valence-electron chi connectivity index (χ1n) is 7.92. The van der Waals surface area contributed by atoms with E-state index < -0.39 is 0 Å². The minimum atomic E-state index is -0.0145. The third kappa shape index (κ3) is 3.45. The van der Waals surface area contributed by atoms with Gasteiger partial charge in [0.2, 0.25) is 5.91 Å². The summed E-state index contributed by atoms with van der Waals surface area (Å²) in [5.41, 5.74) is 8.15. The Labute approximate surface area is 138 Å². The van der Waals surface area contributed by atoms with Gasteiger partial charge in [-0.15, -0.1) is 12.4 Å². The number of fused-ring (bicyclic) bond motifs is 2. The molecule has 2 aliphatic carbocycles. The number of rotatable bonds is 5. The molecule has 3 rings (SSSR count). The number of nitrogens with two attached hydrogens (primary N) is 1. The van der Waals surface area contributed by atoms with Gasteiger partial charge in [0.25, 0.3) is 0 Å². The quantitative estimate of drug-likeness (QED) is 0.875. The van der Waals surface area contributed by atoms with Crippen LogP contribution in [0, 0.1) is 17.8 Å². The highest BCUT2D eigenvalue weighted by molar-refractivity contribution is 5.93. The minimum Gasteiger partial charge on any atom is -0.377 e. The lowest BCUT2D eigenvalue weighted by Gasteiger charge is -2.27. The first-order chi connectivity index (χ1) is 10.2. The van der Waals surface area contributed by atoms with Crippen molar-refractivity contribution >= 4 is 24.0 Å². The molecule has 0 saturated heterocycles. The second-order valence-corrected chi connectivity index (χ2v) is 6.26. The van der Waals surface area contributed by atoms with E-state index in [2.05, 4.69) is 5.32 Å². The molecule has 4 nitrogen and oxygen atoms in total. The number of halogens is 1. The summed E-state index contributed by atoms with van der Waals surface area (Å²) in [5.74, 6) is 1.11. The van der Waals surface area contributed by atoms with Crippen molar-refractivity contribution in [1.82, 2.24) is 0 Å². The molecule has 5 heteroatoms. The summed E-state index contributed by atoms with van der Waals surface area (Å²) >= 11 is 0. The molecule has 122 valence electrons. The van der Waals surface area contributed by atoms with Gasteiger partial charge in [0.05, 0.1) is 12.5 Å². The van der Waals surface area contributed by atoms with Gasteiger partial charge in [-0.05, 0) is 55.7 Å². The van der Waals surface area contributed by atoms with E-state index in [9.17, 15) is 4.79 Å². The maximum absolute atomic E-state index is 12.5. The first-order valence-corrected chi connectivity index (χ1v) is 7.92. The first kappa shape index (κ1) is 17.3. The molecule has 0 heterocycles. The van der Waals surface area contributed by atoms with Crippen molar-refractivity contribution in [3.63, 3.8) is 0 Å². The van der Waals surface area contributed by atoms with Gasteiger partial charge in [-0.2, -0.15) is 0 Å². The third-order valence-corrected chi connectivity index (χ3v) is 4.95. The number of hydrogen-bond acceptors (Lipinski definition) is 3. The maximum atomic E-state index is 12.5. The summed E-state index contributed by atoms with van der Waals surface area (Å²) in [7, 11) is 0. The number of hydrogen-bond donors (Lipinski definition) is 2. The van der Waals surface area contributed by atoms with Gasteiger partial charge < -0.3 is 15.8 Å². The van der Waals surface area contributed by atoms with E-state index in [1.165, 1.54) is 6.42 Å². The zero-order valence-electron chi connectivity index (χ0n) is 13.0. The minimum absolute atomic E-state index is 0. The predicted octanol–water partition coefficient (Wildman–Crippen LogP) is 2.96. The summed E-state index contributed by atoms with van der Waals surface area (Å²) in [6.07, 6.45) is 3.48. The highest BCUT2D eigenvalue weighted by Crippen LogP contribution is 2.47. The van der Waals surface area contributed by atoms with Gasteiger partial charge in [0, 0.05) is 18.3 Å². The van der Waals surface area contributed by atoms with Crippen molar-refractivity contribution in [2.75, 3.05) is 11.9 Å². The normalized spacial score (nSPS) is 29.2. The molecule has 1 amide bonds. The second kappa shape index (κ2) is 7.44. The Kier molecular flexibility index (Phi) is 5.84. The number of benzene rings is 1. The molecule has 4 atom stereocenters. The molecule has 4 unspecified atom stereocenters. The van der Waals surface area contributed by atoms with Crippen LogP contribution in [0.3, 0.4) is 0 Å². The van der Waals surface area contributed by atoms with Crippen LogP contribution in [0.4, 0.5) is 5.69 Å². The van der Waals surface area contributed by atoms with Gasteiger partial charge in [-0.3, -0.25) is 4.79 Å². The maximum Gasteiger partial charge on any atom is 0.229 e. The lowest BCUT2D eigenvalue weighted by molar-refractivity contribution is -0.121. The van der Waals surface area contributed by atoms with Gasteiger partial charge in [0.1, 0.15) is 0 Å². The Morgan fingerprint density at radius 1 is 1.36 bits per heavy atom. The SMILES string of the molecule is CCOCc1cccc(NC(=O)C2C3CCC(C3)C2N)c1.Cl. The molecule has 3 N–H and O–H groups in total. The van der Waals surface area contributed by atoms with Gasteiger partial charge in [0.15, 0.2) is 0 Å². The van der Waals surface area contributed by atoms with E-state index >= 15 is 0 Å². The number of carbonyl (C=O) groups excluding carboxylic acids is 1. The summed E-state index contributed by atoms with van der Waals surface area (Å²) in [4.78, 5) is 12.5. The average molecular weight is 325 g/mol. The van der Waals surface area contributed by atoms with Crippen molar-refractivity contribution in [3.05, 3.63) is 29.8 Å². The van der Waals surface area contributed by atoms with Crippen molar-refractivity contribution < 1.29 is 9.53 Å². The largest absolute Gasteiger partial charge is 0.377 e. The monoisotopic (exact) mass is 324 g/mol. The van der Waals surface area contributed by atoms with E-state index in [0.29, 0.717) is 25.0 Å². The molecule has 1 aromatic rings. The Hall–Kier alpha value is -1.10. The zero-order chi connectivity index (χ0) is 14.8. The highest BCUT2D eigenvalue weighted by atomic mass is 35.5. The topological polar surface area (TPSA) is 64.3 Å². The fraction of sp³-hybridized carbons (Fsp3) is 0.588. The van der Waals surface area contributed by atoms with Crippen LogP contribution in [-0.4, -0.2) is 18.6 Å². The molecule has 0 spiro atoms. The molecule has 22 heavy (non-hydrogen) atoms. The summed E-state index contributed by atoms with van der Waals surface area (Å²) in [6.45, 7) is 3.24. The number of anilines is 1. The Balaban J connectivity index is 0.00000176. The molecule has 2 saturated carbocycles. The van der Waals surface area contributed by atoms with E-state index in [0.717, 1.165) is 24.1 Å². The van der Waals surface area contributed by atoms with E-state index in [1.54, 1.807) is 0 Å². The zero-order valence-corrected chi connectivity index (χ0v) is 13.8. The van der Waals surface area contributed by atoms with Crippen LogP contribution in [0.25, 0.3) is 0 Å². The lowest BCUT2D eigenvalue weighted by atomic mass is 9.84. The standard InChI is InChI=1S/C17H24N2O2.ClH/c1-2-21-10-11-4-3-5-14(8-11)19-17(20)15-12-6-7-13(9-12)16(15)18;/h3-5,8,12-13,15-16H,2,6-7,9-10,18H2,1H3,(H,19,20);1H. The Morgan fingerprint density at radius 3 is 2.82 bits per heavy atom. The van der Waals surface area contributed by atoms with E-state index in [1.807, 2.05) is 31.2 Å². The molecule has 2 bridgehead atoms. The summed E-state index contributed by atoms with van der Waals surface area (Å²) in [5, 5.41) is 3.04. The van der Waals surface area contributed by atoms with Crippen LogP contribution in [-0.2, 0) is 16.1 Å². The van der Waals surface area contributed by atoms with Crippen molar-refractivity contribution in [3.8, 4) is 0 Å². The fourth-order valence-corrected chi connectivity index (χ4v) is 3.91. The number of amides is 1. The van der Waals surface area contributed by atoms with Crippen LogP contribution < -0.4 is 11.1 Å². The molecule has 2 fully saturated rings. The lowest BCUT2D eigenvalue weighted by Crippen LogP contribution is -2.42. The summed E-state index contributed by atoms with van der Waals surface area (Å²) < 4.78 is 5.40. The fourth-order valence-electron chi connectivity index (χ4n) is 3.91. The second-order valence-electron chi connectivity index (χ2n) is 6.26. The molecule has 2 aliphatic rings. The van der Waals surface area contributed by atoms with Crippen molar-refractivity contribution in [2.45, 2.75) is 38.8 Å². The third-order valence-electron chi connectivity index (χ3n) is 4.95. The Morgan fingerprint density at radius 2 is 2.14 bits per heavy atom. The van der Waals surface area contributed by atoms with Crippen molar-refractivity contribution in [2.24, 2.45) is 23.5 Å². The number of ether oxygens (including phenoxy) is 1. The number of nitrogens with one attached hydrogen (secondary N) is 1. The van der Waals surface area contributed by atoms with Crippen LogP contribution in [0.15, 0.2) is 24.3 Å². The molecule has 0 radical (unpaired) electrons. The highest BCUT2D eigenvalue weighted by Gasteiger charge is 2.49. The smallest absolute Gasteiger partial charge is 0.229 e. The average Bonchev–Trinajstić information content (AvgIpc) is 3.06. The summed E-state index contributed by atoms with van der Waals surface area (Å²) in [6, 6.07) is 7.90. The van der Waals surface area contributed by atoms with Crippen LogP contribution >= 0.6 is 12.4 Å². The molecular formula is C17H25ClN2O2. The molecular weight excluding hydrogens is 300 g/mol. The molecule has 0 aromatic heterocycles. The Bertz CT molecular complexity index is 521. The van der Waals surface area contributed by atoms with Gasteiger partial charge in [-0.25, -0.2) is 0 Å². The molecule has 1 aromatic carbocycles. The predicted molar refractivity (Wildman–Crippen MR) is 89.9 cm³/mol. The van der Waals surface area contributed by atoms with E-state index in [-0.39, 0.29) is 30.3 Å². The van der Waals surface area contributed by atoms with Gasteiger partial charge >= 0.3 is 0 Å². The molecule has 0 aliphatic heterocycles. The van der Waals surface area contributed by atoms with Crippen LogP contribution in [0.5, 0.6) is 0 Å².